The van der Waals surface area contributed by atoms with Crippen LogP contribution >= 0.6 is 11.8 Å². The standard InChI is InChI=1S/C19H24N4O3S/c1-22(11-14-12-25-15-7-4-5-8-16(15)26-14)18(24)13-27-19-21-20-17-9-3-2-6-10-23(17)19/h4-5,7-8,14H,2-3,6,9-13H2,1H3/t14-/m0/s1. The third-order valence-electron chi connectivity index (χ3n) is 4.87. The lowest BCUT2D eigenvalue weighted by Gasteiger charge is -2.29. The molecule has 144 valence electrons. The SMILES string of the molecule is CN(C[C@H]1COc2ccccc2O1)C(=O)CSc1nnc2n1CCCCC2. The Kier molecular flexibility index (Phi) is 5.52. The number of carbonyl (C=O) groups is 1. The highest BCUT2D eigenvalue weighted by Crippen LogP contribution is 2.31. The smallest absolute Gasteiger partial charge is 0.232 e. The molecule has 2 aliphatic rings. The number of aryl methyl sites for hydroxylation is 1. The van der Waals surface area contributed by atoms with Crippen molar-refractivity contribution in [3.63, 3.8) is 0 Å². The van der Waals surface area contributed by atoms with Crippen LogP contribution in [0.4, 0.5) is 0 Å². The van der Waals surface area contributed by atoms with Gasteiger partial charge in [0.15, 0.2) is 22.8 Å². The Hall–Kier alpha value is -2.22. The van der Waals surface area contributed by atoms with Gasteiger partial charge >= 0.3 is 0 Å². The third-order valence-corrected chi connectivity index (χ3v) is 5.82. The Morgan fingerprint density at radius 2 is 2.11 bits per heavy atom. The first kappa shape index (κ1) is 18.2. The van der Waals surface area contributed by atoms with E-state index in [4.69, 9.17) is 9.47 Å². The molecule has 0 fully saturated rings. The zero-order valence-corrected chi connectivity index (χ0v) is 16.3. The van der Waals surface area contributed by atoms with Crippen LogP contribution in [-0.2, 0) is 17.8 Å². The molecule has 0 saturated heterocycles. The summed E-state index contributed by atoms with van der Waals surface area (Å²) < 4.78 is 13.8. The molecule has 3 heterocycles. The summed E-state index contributed by atoms with van der Waals surface area (Å²) >= 11 is 1.46. The molecule has 0 bridgehead atoms. The van der Waals surface area contributed by atoms with Crippen LogP contribution in [0.15, 0.2) is 29.4 Å². The molecular weight excluding hydrogens is 364 g/mol. The predicted molar refractivity (Wildman–Crippen MR) is 102 cm³/mol. The van der Waals surface area contributed by atoms with Crippen LogP contribution in [-0.4, -0.2) is 57.6 Å². The normalized spacial score (nSPS) is 18.5. The molecule has 0 aliphatic carbocycles. The van der Waals surface area contributed by atoms with Gasteiger partial charge in [0.25, 0.3) is 0 Å². The molecule has 0 unspecified atom stereocenters. The molecule has 2 aromatic rings. The average Bonchev–Trinajstić information content (AvgIpc) is 2.92. The van der Waals surface area contributed by atoms with Crippen molar-refractivity contribution in [2.75, 3.05) is 26.0 Å². The number of para-hydroxylation sites is 2. The highest BCUT2D eigenvalue weighted by molar-refractivity contribution is 7.99. The van der Waals surface area contributed by atoms with Crippen LogP contribution < -0.4 is 9.47 Å². The first-order valence-corrected chi connectivity index (χ1v) is 10.4. The fourth-order valence-electron chi connectivity index (χ4n) is 3.36. The lowest BCUT2D eigenvalue weighted by atomic mass is 10.2. The summed E-state index contributed by atoms with van der Waals surface area (Å²) in [5.74, 6) is 2.93. The van der Waals surface area contributed by atoms with Crippen molar-refractivity contribution in [2.24, 2.45) is 0 Å². The predicted octanol–water partition coefficient (Wildman–Crippen LogP) is 2.40. The van der Waals surface area contributed by atoms with Gasteiger partial charge in [0.1, 0.15) is 12.4 Å². The molecule has 27 heavy (non-hydrogen) atoms. The van der Waals surface area contributed by atoms with E-state index in [-0.39, 0.29) is 12.0 Å². The number of thioether (sulfide) groups is 1. The van der Waals surface area contributed by atoms with E-state index in [0.29, 0.717) is 18.9 Å². The van der Waals surface area contributed by atoms with E-state index in [9.17, 15) is 4.79 Å². The average molecular weight is 388 g/mol. The quantitative estimate of drug-likeness (QED) is 0.733. The van der Waals surface area contributed by atoms with E-state index in [2.05, 4.69) is 14.8 Å². The highest BCUT2D eigenvalue weighted by Gasteiger charge is 2.24. The molecule has 1 aromatic heterocycles. The first-order valence-electron chi connectivity index (χ1n) is 9.38. The Balaban J connectivity index is 1.29. The number of ether oxygens (including phenoxy) is 2. The summed E-state index contributed by atoms with van der Waals surface area (Å²) in [5.41, 5.74) is 0. The van der Waals surface area contributed by atoms with Crippen LogP contribution in [0.3, 0.4) is 0 Å². The van der Waals surface area contributed by atoms with Gasteiger partial charge in [-0.3, -0.25) is 4.79 Å². The van der Waals surface area contributed by atoms with Crippen molar-refractivity contribution in [1.82, 2.24) is 19.7 Å². The van der Waals surface area contributed by atoms with Crippen molar-refractivity contribution in [2.45, 2.75) is 43.5 Å². The molecule has 1 atom stereocenters. The summed E-state index contributed by atoms with van der Waals surface area (Å²) in [7, 11) is 1.80. The topological polar surface area (TPSA) is 69.5 Å². The van der Waals surface area contributed by atoms with Gasteiger partial charge in [-0.1, -0.05) is 30.3 Å². The largest absolute Gasteiger partial charge is 0.486 e. The Morgan fingerprint density at radius 1 is 1.26 bits per heavy atom. The van der Waals surface area contributed by atoms with Gasteiger partial charge in [0.05, 0.1) is 12.3 Å². The lowest BCUT2D eigenvalue weighted by Crippen LogP contribution is -2.42. The van der Waals surface area contributed by atoms with E-state index < -0.39 is 0 Å². The summed E-state index contributed by atoms with van der Waals surface area (Å²) in [6, 6.07) is 7.60. The number of carbonyl (C=O) groups excluding carboxylic acids is 1. The molecule has 1 amide bonds. The molecule has 1 aromatic carbocycles. The van der Waals surface area contributed by atoms with Crippen molar-refractivity contribution in [3.05, 3.63) is 30.1 Å². The molecule has 0 N–H and O–H groups in total. The number of amides is 1. The van der Waals surface area contributed by atoms with Crippen LogP contribution in [0.1, 0.15) is 25.1 Å². The lowest BCUT2D eigenvalue weighted by molar-refractivity contribution is -0.128. The molecule has 0 radical (unpaired) electrons. The number of nitrogens with zero attached hydrogens (tertiary/aromatic N) is 4. The first-order chi connectivity index (χ1) is 13.2. The number of hydrogen-bond donors (Lipinski definition) is 0. The molecule has 7 nitrogen and oxygen atoms in total. The zero-order chi connectivity index (χ0) is 18.6. The monoisotopic (exact) mass is 388 g/mol. The number of rotatable bonds is 5. The van der Waals surface area contributed by atoms with E-state index in [0.717, 1.165) is 48.3 Å². The van der Waals surface area contributed by atoms with E-state index in [1.54, 1.807) is 11.9 Å². The molecule has 8 heteroatoms. The Bertz CT molecular complexity index is 810. The molecule has 4 rings (SSSR count). The van der Waals surface area contributed by atoms with Crippen LogP contribution in [0.25, 0.3) is 0 Å². The summed E-state index contributed by atoms with van der Waals surface area (Å²) in [5, 5.41) is 9.40. The Labute approximate surface area is 163 Å². The van der Waals surface area contributed by atoms with Gasteiger partial charge in [-0.25, -0.2) is 0 Å². The van der Waals surface area contributed by atoms with Crippen molar-refractivity contribution >= 4 is 17.7 Å². The zero-order valence-electron chi connectivity index (χ0n) is 15.5. The third kappa shape index (κ3) is 4.21. The maximum atomic E-state index is 12.5. The van der Waals surface area contributed by atoms with Crippen LogP contribution in [0.2, 0.25) is 0 Å². The number of hydrogen-bond acceptors (Lipinski definition) is 6. The van der Waals surface area contributed by atoms with E-state index in [1.807, 2.05) is 24.3 Å². The van der Waals surface area contributed by atoms with Crippen molar-refractivity contribution < 1.29 is 14.3 Å². The van der Waals surface area contributed by atoms with Gasteiger partial charge in [0, 0.05) is 20.0 Å². The van der Waals surface area contributed by atoms with Gasteiger partial charge in [0.2, 0.25) is 5.91 Å². The summed E-state index contributed by atoms with van der Waals surface area (Å²) in [4.78, 5) is 14.2. The molecule has 0 saturated carbocycles. The van der Waals surface area contributed by atoms with Crippen LogP contribution in [0, 0.1) is 0 Å². The Morgan fingerprint density at radius 3 is 3.00 bits per heavy atom. The van der Waals surface area contributed by atoms with Crippen molar-refractivity contribution in [1.29, 1.82) is 0 Å². The van der Waals surface area contributed by atoms with Gasteiger partial charge < -0.3 is 18.9 Å². The minimum absolute atomic E-state index is 0.0495. The van der Waals surface area contributed by atoms with Crippen molar-refractivity contribution in [3.8, 4) is 11.5 Å². The number of likely N-dealkylation sites (N-methyl/N-ethyl adjacent to an activating group) is 1. The second-order valence-corrected chi connectivity index (χ2v) is 7.86. The van der Waals surface area contributed by atoms with Gasteiger partial charge in [-0.2, -0.15) is 0 Å². The summed E-state index contributed by atoms with van der Waals surface area (Å²) in [6.45, 7) is 1.88. The number of aromatic nitrogens is 3. The van der Waals surface area contributed by atoms with E-state index >= 15 is 0 Å². The minimum Gasteiger partial charge on any atom is -0.486 e. The van der Waals surface area contributed by atoms with E-state index in [1.165, 1.54) is 18.2 Å². The maximum Gasteiger partial charge on any atom is 0.232 e. The minimum atomic E-state index is -0.164. The fourth-order valence-corrected chi connectivity index (χ4v) is 4.29. The van der Waals surface area contributed by atoms with Crippen LogP contribution in [0.5, 0.6) is 11.5 Å². The second-order valence-electron chi connectivity index (χ2n) is 6.92. The number of benzene rings is 1. The van der Waals surface area contributed by atoms with Gasteiger partial charge in [-0.15, -0.1) is 10.2 Å². The molecule has 2 aliphatic heterocycles. The summed E-state index contributed by atoms with van der Waals surface area (Å²) in [6.07, 6.45) is 4.34. The fraction of sp³-hybridized carbons (Fsp3) is 0.526. The van der Waals surface area contributed by atoms with Gasteiger partial charge in [-0.05, 0) is 25.0 Å². The molecule has 0 spiro atoms. The maximum absolute atomic E-state index is 12.5. The highest BCUT2D eigenvalue weighted by atomic mass is 32.2. The molecular formula is C19H24N4O3S. The number of fused-ring (bicyclic) bond motifs is 2. The second kappa shape index (κ2) is 8.21.